The van der Waals surface area contributed by atoms with E-state index < -0.39 is 21.8 Å². The zero-order valence-corrected chi connectivity index (χ0v) is 14.3. The van der Waals surface area contributed by atoms with Crippen LogP contribution in [0, 0.1) is 0 Å². The Morgan fingerprint density at radius 1 is 1.04 bits per heavy atom. The van der Waals surface area contributed by atoms with E-state index in [1.54, 1.807) is 12.1 Å². The van der Waals surface area contributed by atoms with Gasteiger partial charge in [0.15, 0.2) is 5.78 Å². The largest absolute Gasteiger partial charge is 0.481 e. The first-order chi connectivity index (χ1) is 10.8. The molecule has 23 heavy (non-hydrogen) atoms. The normalized spacial score (nSPS) is 11.6. The molecule has 6 nitrogen and oxygen atoms in total. The molecule has 1 aromatic carbocycles. The van der Waals surface area contributed by atoms with Gasteiger partial charge in [-0.3, -0.25) is 9.59 Å². The molecule has 0 bridgehead atoms. The molecule has 0 unspecified atom stereocenters. The first-order valence-electron chi connectivity index (χ1n) is 7.68. The number of aliphatic carboxylic acids is 1. The lowest BCUT2D eigenvalue weighted by molar-refractivity contribution is -0.136. The van der Waals surface area contributed by atoms with Gasteiger partial charge >= 0.3 is 5.97 Å². The van der Waals surface area contributed by atoms with Crippen LogP contribution < -0.4 is 0 Å². The quantitative estimate of drug-likeness (QED) is 0.660. The molecule has 0 spiro atoms. The molecule has 1 aromatic rings. The van der Waals surface area contributed by atoms with Gasteiger partial charge in [0, 0.05) is 25.1 Å². The Hall–Kier alpha value is -1.73. The van der Waals surface area contributed by atoms with Crippen molar-refractivity contribution in [2.24, 2.45) is 0 Å². The number of rotatable bonds is 10. The summed E-state index contributed by atoms with van der Waals surface area (Å²) in [6.07, 6.45) is 0.812. The topological polar surface area (TPSA) is 91.8 Å². The molecule has 0 radical (unpaired) electrons. The number of carbonyl (C=O) groups excluding carboxylic acids is 1. The summed E-state index contributed by atoms with van der Waals surface area (Å²) in [6.45, 7) is 4.55. The van der Waals surface area contributed by atoms with E-state index in [2.05, 4.69) is 0 Å². The predicted molar refractivity (Wildman–Crippen MR) is 87.0 cm³/mol. The fourth-order valence-corrected chi connectivity index (χ4v) is 4.10. The maximum absolute atomic E-state index is 12.8. The molecule has 0 saturated heterocycles. The zero-order valence-electron chi connectivity index (χ0n) is 13.5. The minimum absolute atomic E-state index is 0.0442. The van der Waals surface area contributed by atoms with Crippen LogP contribution in [-0.4, -0.2) is 42.7 Å². The van der Waals surface area contributed by atoms with Crippen molar-refractivity contribution < 1.29 is 23.1 Å². The second-order valence-electron chi connectivity index (χ2n) is 5.22. The van der Waals surface area contributed by atoms with Crippen LogP contribution in [0.1, 0.15) is 49.9 Å². The Morgan fingerprint density at radius 2 is 1.61 bits per heavy atom. The van der Waals surface area contributed by atoms with Crippen molar-refractivity contribution in [1.29, 1.82) is 0 Å². The van der Waals surface area contributed by atoms with Gasteiger partial charge in [-0.25, -0.2) is 8.42 Å². The molecular weight excluding hydrogens is 318 g/mol. The number of carboxylic acid groups (broad SMARTS) is 1. The predicted octanol–water partition coefficient (Wildman–Crippen LogP) is 2.54. The molecule has 0 aliphatic heterocycles. The molecular formula is C16H23NO5S. The summed E-state index contributed by atoms with van der Waals surface area (Å²) < 4.78 is 27.0. The van der Waals surface area contributed by atoms with Gasteiger partial charge in [0.25, 0.3) is 0 Å². The summed E-state index contributed by atoms with van der Waals surface area (Å²) in [6, 6.07) is 5.99. The van der Waals surface area contributed by atoms with E-state index in [1.807, 2.05) is 13.8 Å². The lowest BCUT2D eigenvalue weighted by Gasteiger charge is -2.22. The third-order valence-corrected chi connectivity index (χ3v) is 5.27. The molecule has 0 fully saturated rings. The van der Waals surface area contributed by atoms with E-state index in [1.165, 1.54) is 16.4 Å². The average Bonchev–Trinajstić information content (AvgIpc) is 2.52. The van der Waals surface area contributed by atoms with Gasteiger partial charge in [-0.1, -0.05) is 32.0 Å². The van der Waals surface area contributed by atoms with Crippen LogP contribution >= 0.6 is 0 Å². The monoisotopic (exact) mass is 341 g/mol. The van der Waals surface area contributed by atoms with Gasteiger partial charge in [-0.15, -0.1) is 0 Å². The van der Waals surface area contributed by atoms with E-state index in [9.17, 15) is 18.0 Å². The highest BCUT2D eigenvalue weighted by Gasteiger charge is 2.27. The number of benzene rings is 1. The fourth-order valence-electron chi connectivity index (χ4n) is 2.27. The van der Waals surface area contributed by atoms with Crippen LogP contribution in [0.15, 0.2) is 29.2 Å². The maximum Gasteiger partial charge on any atom is 0.303 e. The Morgan fingerprint density at radius 3 is 2.13 bits per heavy atom. The van der Waals surface area contributed by atoms with Crippen LogP contribution in [0.25, 0.3) is 0 Å². The average molecular weight is 341 g/mol. The summed E-state index contributed by atoms with van der Waals surface area (Å²) in [4.78, 5) is 22.8. The summed E-state index contributed by atoms with van der Waals surface area (Å²) in [5.41, 5.74) is 0.0611. The third kappa shape index (κ3) is 5.14. The molecule has 0 aliphatic carbocycles. The van der Waals surface area contributed by atoms with E-state index >= 15 is 0 Å². The number of ketones is 1. The van der Waals surface area contributed by atoms with Crippen LogP contribution in [-0.2, 0) is 14.8 Å². The van der Waals surface area contributed by atoms with E-state index in [-0.39, 0.29) is 23.3 Å². The van der Waals surface area contributed by atoms with Crippen LogP contribution in [0.4, 0.5) is 0 Å². The van der Waals surface area contributed by atoms with Crippen LogP contribution in [0.5, 0.6) is 0 Å². The van der Waals surface area contributed by atoms with Gasteiger partial charge in [0.05, 0.1) is 11.3 Å². The first kappa shape index (κ1) is 19.3. The van der Waals surface area contributed by atoms with Crippen molar-refractivity contribution in [3.8, 4) is 0 Å². The molecule has 0 amide bonds. The van der Waals surface area contributed by atoms with Crippen LogP contribution in [0.3, 0.4) is 0 Å². The van der Waals surface area contributed by atoms with Gasteiger partial charge < -0.3 is 5.11 Å². The fraction of sp³-hybridized carbons (Fsp3) is 0.500. The van der Waals surface area contributed by atoms with Gasteiger partial charge in [-0.2, -0.15) is 4.31 Å². The number of nitrogens with zero attached hydrogens (tertiary/aromatic N) is 1. The molecule has 0 saturated carbocycles. The molecule has 1 N–H and O–H groups in total. The van der Waals surface area contributed by atoms with E-state index in [0.717, 1.165) is 0 Å². The lowest BCUT2D eigenvalue weighted by atomic mass is 10.1. The van der Waals surface area contributed by atoms with Gasteiger partial charge in [0.2, 0.25) is 10.0 Å². The summed E-state index contributed by atoms with van der Waals surface area (Å²) >= 11 is 0. The van der Waals surface area contributed by atoms with Gasteiger partial charge in [0.1, 0.15) is 0 Å². The minimum atomic E-state index is -3.77. The Bertz CT molecular complexity index is 648. The Labute approximate surface area is 137 Å². The second kappa shape index (κ2) is 8.79. The van der Waals surface area contributed by atoms with Crippen molar-refractivity contribution in [3.05, 3.63) is 29.8 Å². The van der Waals surface area contributed by atoms with Crippen molar-refractivity contribution in [2.45, 2.75) is 44.4 Å². The number of hydrogen-bond acceptors (Lipinski definition) is 4. The number of hydrogen-bond donors (Lipinski definition) is 1. The highest BCUT2D eigenvalue weighted by Crippen LogP contribution is 2.22. The highest BCUT2D eigenvalue weighted by atomic mass is 32.2. The first-order valence-corrected chi connectivity index (χ1v) is 9.12. The van der Waals surface area contributed by atoms with Crippen molar-refractivity contribution in [1.82, 2.24) is 4.31 Å². The van der Waals surface area contributed by atoms with Crippen molar-refractivity contribution >= 4 is 21.8 Å². The molecule has 0 aromatic heterocycles. The molecule has 0 heterocycles. The van der Waals surface area contributed by atoms with Gasteiger partial charge in [-0.05, 0) is 18.9 Å². The number of carboxylic acids is 1. The molecule has 0 atom stereocenters. The summed E-state index contributed by atoms with van der Waals surface area (Å²) in [5, 5.41) is 8.69. The highest BCUT2D eigenvalue weighted by molar-refractivity contribution is 7.89. The molecule has 128 valence electrons. The smallest absolute Gasteiger partial charge is 0.303 e. The summed E-state index contributed by atoms with van der Waals surface area (Å²) in [7, 11) is -3.77. The molecule has 1 rings (SSSR count). The lowest BCUT2D eigenvalue weighted by Crippen LogP contribution is -2.33. The van der Waals surface area contributed by atoms with E-state index in [0.29, 0.717) is 25.9 Å². The SMILES string of the molecule is CCCN(CCC)S(=O)(=O)c1ccccc1C(=O)CCC(=O)O. The van der Waals surface area contributed by atoms with Crippen molar-refractivity contribution in [2.75, 3.05) is 13.1 Å². The second-order valence-corrected chi connectivity index (χ2v) is 7.12. The standard InChI is InChI=1S/C16H23NO5S/c1-3-11-17(12-4-2)23(21,22)15-8-6-5-7-13(15)14(18)9-10-16(19)20/h5-8H,3-4,9-12H2,1-2H3,(H,19,20). The number of sulfonamides is 1. The third-order valence-electron chi connectivity index (χ3n) is 3.32. The number of carbonyl (C=O) groups is 2. The molecule has 7 heteroatoms. The minimum Gasteiger partial charge on any atom is -0.481 e. The Kier molecular flexibility index (Phi) is 7.38. The van der Waals surface area contributed by atoms with Crippen molar-refractivity contribution in [3.63, 3.8) is 0 Å². The van der Waals surface area contributed by atoms with E-state index in [4.69, 9.17) is 5.11 Å². The Balaban J connectivity index is 3.20. The number of Topliss-reactive ketones (excluding diaryl/α,β-unsaturated/α-hetero) is 1. The van der Waals surface area contributed by atoms with Crippen LogP contribution in [0.2, 0.25) is 0 Å². The zero-order chi connectivity index (χ0) is 17.5. The molecule has 0 aliphatic rings. The maximum atomic E-state index is 12.8. The summed E-state index contributed by atoms with van der Waals surface area (Å²) in [5.74, 6) is -1.56.